The molecule has 0 spiro atoms. The summed E-state index contributed by atoms with van der Waals surface area (Å²) in [5.41, 5.74) is 1.24. The van der Waals surface area contributed by atoms with Gasteiger partial charge in [-0.2, -0.15) is 0 Å². The smallest absolute Gasteiger partial charge is 0.119 e. The molecule has 0 aromatic heterocycles. The Bertz CT molecular complexity index is 451. The summed E-state index contributed by atoms with van der Waals surface area (Å²) in [5, 5.41) is 0. The Morgan fingerprint density at radius 3 is 2.08 bits per heavy atom. The van der Waals surface area contributed by atoms with E-state index < -0.39 is 10.9 Å². The molecule has 1 aliphatic rings. The lowest BCUT2D eigenvalue weighted by Crippen LogP contribution is -2.20. The first-order chi connectivity index (χ1) is 12.2. The molecule has 0 saturated heterocycles. The van der Waals surface area contributed by atoms with E-state index in [1.807, 2.05) is 13.8 Å². The number of rotatable bonds is 9. The molecular weight excluding hydrogens is 336 g/mol. The van der Waals surface area contributed by atoms with Crippen LogP contribution in [0.25, 0.3) is 0 Å². The molecule has 1 aromatic rings. The van der Waals surface area contributed by atoms with E-state index in [0.29, 0.717) is 12.0 Å². The third-order valence-corrected chi connectivity index (χ3v) is 6.95. The van der Waals surface area contributed by atoms with Crippen molar-refractivity contribution in [1.29, 1.82) is 0 Å². The van der Waals surface area contributed by atoms with Crippen LogP contribution >= 0.6 is 10.9 Å². The summed E-state index contributed by atoms with van der Waals surface area (Å²) < 4.78 is 22.4. The van der Waals surface area contributed by atoms with Crippen LogP contribution < -0.4 is 4.74 Å². The maximum Gasteiger partial charge on any atom is 0.119 e. The normalized spacial score (nSPS) is 20.7. The molecule has 0 heterocycles. The third kappa shape index (κ3) is 6.48. The molecule has 0 radical (unpaired) electrons. The number of hydrogen-bond acceptors (Lipinski definition) is 4. The van der Waals surface area contributed by atoms with Crippen LogP contribution in [0.1, 0.15) is 52.0 Å². The second kappa shape index (κ2) is 11.8. The molecule has 146 valence electrons. The second-order valence-corrected chi connectivity index (χ2v) is 8.43. The average molecular weight is 373 g/mol. The van der Waals surface area contributed by atoms with Gasteiger partial charge in [0.15, 0.2) is 0 Å². The van der Waals surface area contributed by atoms with E-state index in [9.17, 15) is 0 Å². The second-order valence-electron chi connectivity index (χ2n) is 5.91. The Labute approximate surface area is 156 Å². The van der Waals surface area contributed by atoms with Gasteiger partial charge in [0, 0.05) is 0 Å². The van der Waals surface area contributed by atoms with E-state index >= 15 is 0 Å². The van der Waals surface area contributed by atoms with Crippen LogP contribution in [0.4, 0.5) is 0 Å². The number of hydrogen-bond donors (Lipinski definition) is 0. The Morgan fingerprint density at radius 2 is 1.56 bits per heavy atom. The van der Waals surface area contributed by atoms with Gasteiger partial charge in [0.2, 0.25) is 0 Å². The molecule has 0 amide bonds. The van der Waals surface area contributed by atoms with Crippen molar-refractivity contribution in [2.45, 2.75) is 59.0 Å². The van der Waals surface area contributed by atoms with E-state index in [-0.39, 0.29) is 0 Å². The number of benzene rings is 1. The number of aryl methyl sites for hydroxylation is 1. The van der Waals surface area contributed by atoms with Crippen molar-refractivity contribution < 1.29 is 17.3 Å². The highest BCUT2D eigenvalue weighted by atomic mass is 32.3. The fraction of sp³-hybridized carbons (Fsp3) is 0.700. The van der Waals surface area contributed by atoms with Crippen molar-refractivity contribution >= 4 is 10.9 Å². The SMILES string of the molecule is CC.CCC1CCCC1Oc1ccc(CCS(OC)(OC)OC)cc1. The highest BCUT2D eigenvalue weighted by Gasteiger charge is 2.27. The molecule has 25 heavy (non-hydrogen) atoms. The van der Waals surface area contributed by atoms with Crippen molar-refractivity contribution in [3.8, 4) is 5.75 Å². The molecule has 0 bridgehead atoms. The largest absolute Gasteiger partial charge is 0.490 e. The quantitative estimate of drug-likeness (QED) is 0.557. The standard InChI is InChI=1S/C18H30O4S.C2H6/c1-5-16-7-6-8-18(16)22-17-11-9-15(10-12-17)13-14-23(19-2,20-3)21-4;1-2/h9-12,16,18H,5-8,13-14H2,1-4H3;1-2H3. The minimum absolute atomic E-state index is 0.387. The van der Waals surface area contributed by atoms with Crippen molar-refractivity contribution in [2.24, 2.45) is 5.92 Å². The molecular formula is C20H36O4S. The van der Waals surface area contributed by atoms with Gasteiger partial charge < -0.3 is 4.74 Å². The zero-order valence-corrected chi connectivity index (χ0v) is 17.6. The molecule has 1 fully saturated rings. The Balaban J connectivity index is 0.00000151. The topological polar surface area (TPSA) is 36.9 Å². The van der Waals surface area contributed by atoms with Crippen LogP contribution in [0.5, 0.6) is 5.75 Å². The Hall–Kier alpha value is -0.750. The maximum atomic E-state index is 6.17. The van der Waals surface area contributed by atoms with Crippen molar-refractivity contribution in [3.63, 3.8) is 0 Å². The molecule has 2 atom stereocenters. The summed E-state index contributed by atoms with van der Waals surface area (Å²) in [6.07, 6.45) is 6.22. The van der Waals surface area contributed by atoms with Crippen LogP contribution in [0.2, 0.25) is 0 Å². The lowest BCUT2D eigenvalue weighted by atomic mass is 10.0. The van der Waals surface area contributed by atoms with E-state index in [1.165, 1.54) is 31.2 Å². The molecule has 1 saturated carbocycles. The van der Waals surface area contributed by atoms with Gasteiger partial charge in [-0.15, -0.1) is 0 Å². The molecule has 1 aliphatic carbocycles. The lowest BCUT2D eigenvalue weighted by molar-refractivity contribution is 0.156. The molecule has 4 nitrogen and oxygen atoms in total. The summed E-state index contributed by atoms with van der Waals surface area (Å²) in [7, 11) is 3.01. The minimum atomic E-state index is -1.88. The Kier molecular flexibility index (Phi) is 10.5. The molecule has 0 N–H and O–H groups in total. The van der Waals surface area contributed by atoms with Gasteiger partial charge in [-0.05, 0) is 55.7 Å². The van der Waals surface area contributed by atoms with E-state index in [2.05, 4.69) is 31.2 Å². The lowest BCUT2D eigenvalue weighted by Gasteiger charge is -2.33. The molecule has 2 unspecified atom stereocenters. The first-order valence-electron chi connectivity index (χ1n) is 9.39. The van der Waals surface area contributed by atoms with E-state index in [0.717, 1.165) is 17.9 Å². The van der Waals surface area contributed by atoms with Crippen LogP contribution in [0.3, 0.4) is 0 Å². The van der Waals surface area contributed by atoms with Gasteiger partial charge in [-0.3, -0.25) is 12.5 Å². The predicted octanol–water partition coefficient (Wildman–Crippen LogP) is 5.70. The predicted molar refractivity (Wildman–Crippen MR) is 107 cm³/mol. The zero-order chi connectivity index (χ0) is 18.7. The highest BCUT2D eigenvalue weighted by Crippen LogP contribution is 2.49. The minimum Gasteiger partial charge on any atom is -0.490 e. The zero-order valence-electron chi connectivity index (χ0n) is 16.7. The van der Waals surface area contributed by atoms with Gasteiger partial charge in [-0.1, -0.05) is 32.9 Å². The summed E-state index contributed by atoms with van der Waals surface area (Å²) in [5.74, 6) is 2.41. The summed E-state index contributed by atoms with van der Waals surface area (Å²) in [6.45, 7) is 6.26. The van der Waals surface area contributed by atoms with Gasteiger partial charge in [0.1, 0.15) is 11.9 Å². The summed E-state index contributed by atoms with van der Waals surface area (Å²) in [6, 6.07) is 8.39. The van der Waals surface area contributed by atoms with Gasteiger partial charge >= 0.3 is 0 Å². The highest BCUT2D eigenvalue weighted by molar-refractivity contribution is 8.21. The van der Waals surface area contributed by atoms with Crippen molar-refractivity contribution in [1.82, 2.24) is 0 Å². The summed E-state index contributed by atoms with van der Waals surface area (Å²) in [4.78, 5) is 0. The van der Waals surface area contributed by atoms with E-state index in [4.69, 9.17) is 17.3 Å². The average Bonchev–Trinajstić information content (AvgIpc) is 3.13. The molecule has 2 rings (SSSR count). The van der Waals surface area contributed by atoms with Crippen LogP contribution in [0, 0.1) is 5.92 Å². The van der Waals surface area contributed by atoms with Crippen LogP contribution in [0.15, 0.2) is 24.3 Å². The fourth-order valence-electron chi connectivity index (χ4n) is 3.23. The molecule has 0 aliphatic heterocycles. The first kappa shape index (κ1) is 22.3. The van der Waals surface area contributed by atoms with Crippen molar-refractivity contribution in [3.05, 3.63) is 29.8 Å². The van der Waals surface area contributed by atoms with Gasteiger partial charge in [-0.25, -0.2) is 0 Å². The first-order valence-corrected chi connectivity index (χ1v) is 11.0. The maximum absolute atomic E-state index is 6.17. The molecule has 5 heteroatoms. The van der Waals surface area contributed by atoms with E-state index in [1.54, 1.807) is 21.3 Å². The monoisotopic (exact) mass is 372 g/mol. The molecule has 1 aromatic carbocycles. The van der Waals surface area contributed by atoms with Crippen LogP contribution in [-0.2, 0) is 19.0 Å². The van der Waals surface area contributed by atoms with Crippen LogP contribution in [-0.4, -0.2) is 33.2 Å². The van der Waals surface area contributed by atoms with Crippen molar-refractivity contribution in [2.75, 3.05) is 27.1 Å². The third-order valence-electron chi connectivity index (χ3n) is 4.73. The fourth-order valence-corrected chi connectivity index (χ4v) is 4.63. The summed E-state index contributed by atoms with van der Waals surface area (Å²) >= 11 is 0. The number of ether oxygens (including phenoxy) is 1. The Morgan fingerprint density at radius 1 is 0.960 bits per heavy atom. The van der Waals surface area contributed by atoms with Gasteiger partial charge in [0.05, 0.1) is 38.0 Å². The van der Waals surface area contributed by atoms with Gasteiger partial charge in [0.25, 0.3) is 0 Å².